The first-order chi connectivity index (χ1) is 36.3. The van der Waals surface area contributed by atoms with Crippen LogP contribution in [0.25, 0.3) is 0 Å². The molecule has 22 nitrogen and oxygen atoms in total. The fraction of sp³-hybridized carbons (Fsp3) is 0.388. The highest BCUT2D eigenvalue weighted by molar-refractivity contribution is 7.51. The van der Waals surface area contributed by atoms with Gasteiger partial charge in [0.25, 0.3) is 11.6 Å². The molecule has 0 radical (unpaired) electrons. The molecule has 2 atom stereocenters. The number of fused-ring (bicyclic) bond motifs is 1. The van der Waals surface area contributed by atoms with Crippen molar-refractivity contribution in [3.05, 3.63) is 116 Å². The van der Waals surface area contributed by atoms with Crippen LogP contribution in [0.1, 0.15) is 52.7 Å². The third-order valence-electron chi connectivity index (χ3n) is 9.89. The van der Waals surface area contributed by atoms with Crippen LogP contribution >= 0.6 is 65.6 Å². The predicted molar refractivity (Wildman–Crippen MR) is 304 cm³/mol. The lowest BCUT2D eigenvalue weighted by molar-refractivity contribution is -0.383. The number of amides is 2. The molecule has 28 heteroatoms. The molecule has 2 unspecified atom stereocenters. The van der Waals surface area contributed by atoms with E-state index in [9.17, 15) is 29.1 Å². The molecule has 4 aromatic carbocycles. The number of anilines is 5. The Kier molecular flexibility index (Phi) is 29.9. The number of aryl methyl sites for hydroxylation is 2. The molecule has 5 aromatic rings. The Morgan fingerprint density at radius 2 is 1.61 bits per heavy atom. The lowest BCUT2D eigenvalue weighted by Gasteiger charge is -2.35. The Hall–Kier alpha value is -5.78. The van der Waals surface area contributed by atoms with Crippen LogP contribution in [0, 0.1) is 17.0 Å². The third kappa shape index (κ3) is 23.4. The first-order valence-electron chi connectivity index (χ1n) is 23.4. The number of alkyl halides is 3. The summed E-state index contributed by atoms with van der Waals surface area (Å²) in [5, 5.41) is 27.0. The lowest BCUT2D eigenvalue weighted by atomic mass is 10.0. The van der Waals surface area contributed by atoms with E-state index in [0.29, 0.717) is 36.6 Å². The van der Waals surface area contributed by atoms with E-state index in [-0.39, 0.29) is 63.3 Å². The number of nitrogen functional groups attached to an aromatic ring is 1. The molecule has 0 saturated heterocycles. The smallest absolute Gasteiger partial charge is 0.339 e. The molecule has 422 valence electrons. The maximum atomic E-state index is 12.2. The van der Waals surface area contributed by atoms with E-state index in [4.69, 9.17) is 92.8 Å². The van der Waals surface area contributed by atoms with Crippen molar-refractivity contribution in [2.75, 3.05) is 71.7 Å². The fourth-order valence-corrected chi connectivity index (χ4v) is 7.80. The average molecular weight is 1190 g/mol. The van der Waals surface area contributed by atoms with Gasteiger partial charge in [0.05, 0.1) is 47.8 Å². The highest BCUT2D eigenvalue weighted by Gasteiger charge is 2.32. The minimum Gasteiger partial charge on any atom is -0.489 e. The number of nitro groups is 1. The van der Waals surface area contributed by atoms with Crippen LogP contribution < -0.4 is 41.0 Å². The Morgan fingerprint density at radius 1 is 0.974 bits per heavy atom. The van der Waals surface area contributed by atoms with Crippen LogP contribution in [-0.2, 0) is 30.1 Å². The van der Waals surface area contributed by atoms with Crippen LogP contribution in [0.3, 0.4) is 0 Å². The molecule has 6 rings (SSSR count). The molecule has 0 fully saturated rings. The number of nitro benzene ring substituents is 1. The summed E-state index contributed by atoms with van der Waals surface area (Å²) in [6.07, 6.45) is 0.280. The maximum Gasteiger partial charge on any atom is 0.339 e. The van der Waals surface area contributed by atoms with Crippen molar-refractivity contribution in [3.8, 4) is 17.2 Å². The normalized spacial score (nSPS) is 12.7. The number of hydrogen-bond donors (Lipinski definition) is 7. The number of carbonyl (C=O) groups excluding carboxylic acids is 2. The summed E-state index contributed by atoms with van der Waals surface area (Å²) in [7, 11) is -2.46. The number of nitrogens with one attached hydrogen (secondary N) is 3. The van der Waals surface area contributed by atoms with Crippen LogP contribution in [0.15, 0.2) is 84.9 Å². The zero-order valence-corrected chi connectivity index (χ0v) is 48.1. The minimum atomic E-state index is -4.10. The van der Waals surface area contributed by atoms with Gasteiger partial charge in [-0.3, -0.25) is 34.4 Å². The van der Waals surface area contributed by atoms with Gasteiger partial charge < -0.3 is 55.3 Å². The summed E-state index contributed by atoms with van der Waals surface area (Å²) in [6, 6.07) is 25.2. The van der Waals surface area contributed by atoms with E-state index in [1.54, 1.807) is 41.2 Å². The molecule has 0 aliphatic carbocycles. The van der Waals surface area contributed by atoms with Crippen LogP contribution in [0.2, 0.25) is 10.3 Å². The molecule has 1 aliphatic heterocycles. The number of carboxylic acids is 1. The highest BCUT2D eigenvalue weighted by Crippen LogP contribution is 2.39. The summed E-state index contributed by atoms with van der Waals surface area (Å²) in [6.45, 7) is 15.2. The second-order valence-electron chi connectivity index (χ2n) is 16.5. The number of aromatic nitrogens is 3. The largest absolute Gasteiger partial charge is 0.489 e. The van der Waals surface area contributed by atoms with Gasteiger partial charge in [0.15, 0.2) is 4.84 Å². The Bertz CT molecular complexity index is 2730. The summed E-state index contributed by atoms with van der Waals surface area (Å²) >= 11 is 28.7. The van der Waals surface area contributed by atoms with E-state index in [1.165, 1.54) is 12.1 Å². The number of hydrogen-bond acceptors (Lipinski definition) is 16. The molecule has 0 spiro atoms. The molecular weight excluding hydrogens is 1130 g/mol. The number of nitrogens with two attached hydrogens (primary N) is 1. The number of carboxylic acid groups (broad SMARTS) is 1. The molecule has 2 heterocycles. The Morgan fingerprint density at radius 3 is 2.17 bits per heavy atom. The van der Waals surface area contributed by atoms with Crippen molar-refractivity contribution < 1.29 is 53.0 Å². The number of methoxy groups -OCH3 is 1. The van der Waals surface area contributed by atoms with Crippen LogP contribution in [0.5, 0.6) is 17.2 Å². The van der Waals surface area contributed by atoms with E-state index >= 15 is 0 Å². The summed E-state index contributed by atoms with van der Waals surface area (Å²) in [5.74, 6) is 0.967. The molecule has 0 bridgehead atoms. The van der Waals surface area contributed by atoms with E-state index in [1.807, 2.05) is 84.0 Å². The molecule has 0 saturated carbocycles. The molecule has 1 aliphatic rings. The monoisotopic (exact) mass is 1190 g/mol. The van der Waals surface area contributed by atoms with Gasteiger partial charge in [-0.2, -0.15) is 15.0 Å². The van der Waals surface area contributed by atoms with Gasteiger partial charge in [-0.25, -0.2) is 0 Å². The average Bonchev–Trinajstić information content (AvgIpc) is 3.36. The zero-order chi connectivity index (χ0) is 58.0. The lowest BCUT2D eigenvalue weighted by Crippen LogP contribution is -2.47. The maximum absolute atomic E-state index is 12.2. The van der Waals surface area contributed by atoms with Gasteiger partial charge >= 0.3 is 13.6 Å². The molecular formula is C49H64Cl5N10O12P. The predicted octanol–water partition coefficient (Wildman–Crippen LogP) is 9.96. The SMILES string of the molecule is CC1COc2ccccc2N1C(=O)C(Cl)Cl.CCNc1nc(Cl)nc(NC(C)C)n1.CCc1cccc(C)c1N(C(=O)CCl)C(C)COC.Nc1c([N+](=O)[O-])ccc(Oc2ccccc2)c1Cl.O=C(O)CNCP(=O)(O)O. The first kappa shape index (κ1) is 67.3. The molecule has 2 amide bonds. The fourth-order valence-electron chi connectivity index (χ4n) is 6.70. The number of benzene rings is 4. The third-order valence-corrected chi connectivity index (χ3v) is 11.7. The van der Waals surface area contributed by atoms with Crippen molar-refractivity contribution in [2.24, 2.45) is 0 Å². The number of halogens is 5. The summed E-state index contributed by atoms with van der Waals surface area (Å²) in [4.78, 5) is 74.6. The van der Waals surface area contributed by atoms with E-state index < -0.39 is 36.2 Å². The molecule has 8 N–H and O–H groups in total. The second kappa shape index (κ2) is 34.2. The number of nitrogens with zero attached hydrogens (tertiary/aromatic N) is 6. The molecule has 77 heavy (non-hydrogen) atoms. The number of rotatable bonds is 18. The van der Waals surface area contributed by atoms with Crippen molar-refractivity contribution in [1.82, 2.24) is 20.3 Å². The van der Waals surface area contributed by atoms with Crippen LogP contribution in [0.4, 0.5) is 34.6 Å². The van der Waals surface area contributed by atoms with E-state index in [2.05, 4.69) is 43.9 Å². The van der Waals surface area contributed by atoms with Crippen molar-refractivity contribution in [1.29, 1.82) is 0 Å². The number of aliphatic carboxylic acids is 1. The van der Waals surface area contributed by atoms with Gasteiger partial charge in [0.1, 0.15) is 40.4 Å². The number of para-hydroxylation sites is 4. The van der Waals surface area contributed by atoms with Gasteiger partial charge in [-0.05, 0) is 101 Å². The molecule has 1 aromatic heterocycles. The summed E-state index contributed by atoms with van der Waals surface area (Å²) in [5.41, 5.74) is 9.18. The first-order valence-corrected chi connectivity index (χ1v) is 27.4. The number of ether oxygens (including phenoxy) is 3. The standard InChI is InChI=1S/C15H22ClNO2.C12H9ClN2O3.C11H11Cl2NO2.C8H14ClN5.C3H8NO5P/c1-5-13-8-6-7-11(2)15(13)17(14(18)9-16)12(3)10-19-4;13-11-10(18-8-4-2-1-3-5-8)7-6-9(12(11)14)15(16)17;1-7-6-16-9-5-3-2-4-8(9)14(7)11(15)10(12)13;1-4-10-7-12-6(9)13-8(14-7)11-5(2)3;5-3(6)1-4-2-10(7,8)9/h6-8,12H,5,9-10H2,1-4H3;1-7H,14H2;2-5,7,10H,6H2,1H3;5H,4H2,1-3H3,(H2,10,11,12,13,14);4H,1-2H2,(H,5,6)(H2,7,8,9). The minimum absolute atomic E-state index is 0.0223. The quantitative estimate of drug-likeness (QED) is 0.0141. The van der Waals surface area contributed by atoms with Crippen molar-refractivity contribution >= 4 is 118 Å². The summed E-state index contributed by atoms with van der Waals surface area (Å²) < 4.78 is 26.2. The van der Waals surface area contributed by atoms with Gasteiger partial charge in [-0.15, -0.1) is 11.6 Å². The van der Waals surface area contributed by atoms with Gasteiger partial charge in [0.2, 0.25) is 23.1 Å². The van der Waals surface area contributed by atoms with Crippen molar-refractivity contribution in [3.63, 3.8) is 0 Å². The van der Waals surface area contributed by atoms with Crippen LogP contribution in [-0.4, -0.2) is 121 Å². The zero-order valence-electron chi connectivity index (χ0n) is 43.5. The van der Waals surface area contributed by atoms with Gasteiger partial charge in [-0.1, -0.05) is 90.3 Å². The topological polar surface area (TPSA) is 307 Å². The van der Waals surface area contributed by atoms with Crippen molar-refractivity contribution in [2.45, 2.75) is 77.8 Å². The highest BCUT2D eigenvalue weighted by atomic mass is 35.5. The van der Waals surface area contributed by atoms with Gasteiger partial charge in [0, 0.05) is 25.8 Å². The second-order valence-corrected chi connectivity index (χ2v) is 20.2. The van der Waals surface area contributed by atoms with E-state index in [0.717, 1.165) is 35.5 Å². The number of carbonyl (C=O) groups is 3. The Balaban J connectivity index is 0.000000334. The Labute approximate surface area is 472 Å².